The topological polar surface area (TPSA) is 56.1 Å². The molecule has 0 aromatic carbocycles. The summed E-state index contributed by atoms with van der Waals surface area (Å²) >= 11 is 0. The molecule has 90 valence electrons. The van der Waals surface area contributed by atoms with Gasteiger partial charge in [0.2, 0.25) is 0 Å². The quantitative estimate of drug-likeness (QED) is 0.737. The molecule has 0 fully saturated rings. The summed E-state index contributed by atoms with van der Waals surface area (Å²) < 4.78 is 24.9. The van der Waals surface area contributed by atoms with E-state index >= 15 is 0 Å². The van der Waals surface area contributed by atoms with E-state index in [1.807, 2.05) is 0 Å². The van der Waals surface area contributed by atoms with Crippen LogP contribution in [-0.4, -0.2) is 29.8 Å². The standard InChI is InChI=1S/C11H17NO3S/c1-9(2)16(14,15)7-6-12-5-4-11(8-12)10(3)13/h4-5,8-9H,6-7H2,1-3H3. The number of hydrogen-bond acceptors (Lipinski definition) is 3. The molecule has 16 heavy (non-hydrogen) atoms. The van der Waals surface area contributed by atoms with Gasteiger partial charge in [0.05, 0.1) is 11.0 Å². The first-order valence-corrected chi connectivity index (χ1v) is 6.93. The zero-order valence-electron chi connectivity index (χ0n) is 9.80. The average molecular weight is 243 g/mol. The van der Waals surface area contributed by atoms with Crippen molar-refractivity contribution in [2.24, 2.45) is 0 Å². The van der Waals surface area contributed by atoms with Crippen molar-refractivity contribution in [2.75, 3.05) is 5.75 Å². The summed E-state index contributed by atoms with van der Waals surface area (Å²) in [5.74, 6) is 0.0990. The first-order valence-electron chi connectivity index (χ1n) is 5.21. The molecule has 1 heterocycles. The minimum atomic E-state index is -3.01. The van der Waals surface area contributed by atoms with E-state index in [0.717, 1.165) is 0 Å². The molecule has 1 rings (SSSR count). The van der Waals surface area contributed by atoms with E-state index in [-0.39, 0.29) is 16.8 Å². The van der Waals surface area contributed by atoms with Gasteiger partial charge in [-0.25, -0.2) is 8.42 Å². The summed E-state index contributed by atoms with van der Waals surface area (Å²) in [6, 6.07) is 1.70. The lowest BCUT2D eigenvalue weighted by Gasteiger charge is -2.07. The molecule has 1 aromatic heterocycles. The van der Waals surface area contributed by atoms with Gasteiger partial charge in [-0.3, -0.25) is 4.79 Å². The van der Waals surface area contributed by atoms with Crippen LogP contribution in [0.5, 0.6) is 0 Å². The fourth-order valence-electron chi connectivity index (χ4n) is 1.26. The molecule has 0 radical (unpaired) electrons. The van der Waals surface area contributed by atoms with Gasteiger partial charge in [-0.1, -0.05) is 0 Å². The molecule has 0 spiro atoms. The molecule has 4 nitrogen and oxygen atoms in total. The Morgan fingerprint density at radius 3 is 2.50 bits per heavy atom. The third kappa shape index (κ3) is 3.20. The van der Waals surface area contributed by atoms with Crippen LogP contribution in [0.25, 0.3) is 0 Å². The van der Waals surface area contributed by atoms with E-state index in [1.54, 1.807) is 36.9 Å². The van der Waals surface area contributed by atoms with Crippen LogP contribution in [0.1, 0.15) is 31.1 Å². The van der Waals surface area contributed by atoms with Crippen molar-refractivity contribution < 1.29 is 13.2 Å². The Morgan fingerprint density at radius 1 is 1.44 bits per heavy atom. The molecule has 1 aromatic rings. The number of aryl methyl sites for hydroxylation is 1. The SMILES string of the molecule is CC(=O)c1ccn(CCS(=O)(=O)C(C)C)c1. The van der Waals surface area contributed by atoms with Crippen LogP contribution in [0.4, 0.5) is 0 Å². The van der Waals surface area contributed by atoms with Crippen molar-refractivity contribution in [3.05, 3.63) is 24.0 Å². The Morgan fingerprint density at radius 2 is 2.06 bits per heavy atom. The van der Waals surface area contributed by atoms with Crippen molar-refractivity contribution in [3.8, 4) is 0 Å². The Bertz CT molecular complexity index is 471. The highest BCUT2D eigenvalue weighted by atomic mass is 32.2. The summed E-state index contributed by atoms with van der Waals surface area (Å²) in [5.41, 5.74) is 0.613. The zero-order chi connectivity index (χ0) is 12.3. The van der Waals surface area contributed by atoms with Gasteiger partial charge in [0.1, 0.15) is 0 Å². The summed E-state index contributed by atoms with van der Waals surface area (Å²) in [6.45, 7) is 5.23. The van der Waals surface area contributed by atoms with Crippen LogP contribution >= 0.6 is 0 Å². The fourth-order valence-corrected chi connectivity index (χ4v) is 2.19. The molecule has 0 N–H and O–H groups in total. The third-order valence-electron chi connectivity index (χ3n) is 2.51. The number of ketones is 1. The van der Waals surface area contributed by atoms with E-state index in [2.05, 4.69) is 0 Å². The van der Waals surface area contributed by atoms with Gasteiger partial charge >= 0.3 is 0 Å². The smallest absolute Gasteiger partial charge is 0.161 e. The van der Waals surface area contributed by atoms with Gasteiger partial charge in [-0.05, 0) is 26.8 Å². The summed E-state index contributed by atoms with van der Waals surface area (Å²) in [6.07, 6.45) is 3.41. The van der Waals surface area contributed by atoms with Crippen LogP contribution in [0, 0.1) is 0 Å². The molecule has 0 aliphatic carbocycles. The highest BCUT2D eigenvalue weighted by molar-refractivity contribution is 7.91. The normalized spacial score (nSPS) is 12.0. The number of carbonyl (C=O) groups excluding carboxylic acids is 1. The Balaban J connectivity index is 2.65. The Labute approximate surface area is 96.2 Å². The van der Waals surface area contributed by atoms with Gasteiger partial charge in [0.15, 0.2) is 15.6 Å². The largest absolute Gasteiger partial charge is 0.352 e. The van der Waals surface area contributed by atoms with Crippen molar-refractivity contribution in [3.63, 3.8) is 0 Å². The van der Waals surface area contributed by atoms with Crippen LogP contribution in [0.3, 0.4) is 0 Å². The third-order valence-corrected chi connectivity index (χ3v) is 4.70. The summed E-state index contributed by atoms with van der Waals surface area (Å²) in [4.78, 5) is 11.0. The molecular weight excluding hydrogens is 226 g/mol. The predicted molar refractivity (Wildman–Crippen MR) is 63.4 cm³/mol. The lowest BCUT2D eigenvalue weighted by molar-refractivity contribution is 0.101. The van der Waals surface area contributed by atoms with Crippen molar-refractivity contribution in [2.45, 2.75) is 32.6 Å². The maximum atomic E-state index is 11.6. The van der Waals surface area contributed by atoms with E-state index < -0.39 is 9.84 Å². The number of aromatic nitrogens is 1. The highest BCUT2D eigenvalue weighted by Crippen LogP contribution is 2.05. The Kier molecular flexibility index (Phi) is 3.91. The zero-order valence-corrected chi connectivity index (χ0v) is 10.6. The number of nitrogens with zero attached hydrogens (tertiary/aromatic N) is 1. The molecule has 0 atom stereocenters. The summed E-state index contributed by atoms with van der Waals surface area (Å²) in [7, 11) is -3.01. The van der Waals surface area contributed by atoms with Gasteiger partial charge in [0, 0.05) is 24.5 Å². The number of hydrogen-bond donors (Lipinski definition) is 0. The van der Waals surface area contributed by atoms with Gasteiger partial charge < -0.3 is 4.57 Å². The van der Waals surface area contributed by atoms with Gasteiger partial charge in [-0.15, -0.1) is 0 Å². The minimum Gasteiger partial charge on any atom is -0.352 e. The average Bonchev–Trinajstić information content (AvgIpc) is 2.63. The second-order valence-corrected chi connectivity index (χ2v) is 6.79. The van der Waals surface area contributed by atoms with Crippen molar-refractivity contribution in [1.29, 1.82) is 0 Å². The maximum Gasteiger partial charge on any atom is 0.161 e. The van der Waals surface area contributed by atoms with Gasteiger partial charge in [0.25, 0.3) is 0 Å². The van der Waals surface area contributed by atoms with Crippen LogP contribution in [0.15, 0.2) is 18.5 Å². The first kappa shape index (κ1) is 13.0. The molecule has 0 unspecified atom stereocenters. The van der Waals surface area contributed by atoms with E-state index in [4.69, 9.17) is 0 Å². The minimum absolute atomic E-state index is 0.00883. The highest BCUT2D eigenvalue weighted by Gasteiger charge is 2.15. The number of rotatable bonds is 5. The molecule has 0 amide bonds. The van der Waals surface area contributed by atoms with E-state index in [9.17, 15) is 13.2 Å². The fraction of sp³-hybridized carbons (Fsp3) is 0.545. The lowest BCUT2D eigenvalue weighted by Crippen LogP contribution is -2.20. The van der Waals surface area contributed by atoms with Crippen LogP contribution in [0.2, 0.25) is 0 Å². The van der Waals surface area contributed by atoms with Crippen molar-refractivity contribution >= 4 is 15.6 Å². The Hall–Kier alpha value is -1.10. The van der Waals surface area contributed by atoms with Crippen LogP contribution < -0.4 is 0 Å². The second-order valence-electron chi connectivity index (χ2n) is 4.11. The molecule has 0 aliphatic rings. The lowest BCUT2D eigenvalue weighted by atomic mass is 10.2. The van der Waals surface area contributed by atoms with Crippen LogP contribution in [-0.2, 0) is 16.4 Å². The molecule has 0 saturated carbocycles. The monoisotopic (exact) mass is 243 g/mol. The predicted octanol–water partition coefficient (Wildman–Crippen LogP) is 1.51. The van der Waals surface area contributed by atoms with E-state index in [0.29, 0.717) is 12.1 Å². The maximum absolute atomic E-state index is 11.6. The first-order chi connectivity index (χ1) is 7.33. The number of carbonyl (C=O) groups is 1. The molecule has 0 saturated heterocycles. The number of sulfone groups is 1. The summed E-state index contributed by atoms with van der Waals surface area (Å²) in [5, 5.41) is -0.352. The van der Waals surface area contributed by atoms with E-state index in [1.165, 1.54) is 6.92 Å². The molecular formula is C11H17NO3S. The molecule has 5 heteroatoms. The molecule has 0 aliphatic heterocycles. The van der Waals surface area contributed by atoms with Gasteiger partial charge in [-0.2, -0.15) is 0 Å². The number of Topliss-reactive ketones (excluding diaryl/α,β-unsaturated/α-hetero) is 1. The molecule has 0 bridgehead atoms. The second kappa shape index (κ2) is 4.82. The van der Waals surface area contributed by atoms with Crippen molar-refractivity contribution in [1.82, 2.24) is 4.57 Å².